The highest BCUT2D eigenvalue weighted by Gasteiger charge is 2.22. The maximum Gasteiger partial charge on any atom is 0.234 e. The van der Waals surface area contributed by atoms with Crippen LogP contribution in [0.3, 0.4) is 0 Å². The minimum atomic E-state index is 0.108. The first-order valence-corrected chi connectivity index (χ1v) is 9.37. The first-order chi connectivity index (χ1) is 11.6. The molecule has 3 rings (SSSR count). The summed E-state index contributed by atoms with van der Waals surface area (Å²) in [4.78, 5) is 20.0. The Morgan fingerprint density at radius 1 is 1.46 bits per heavy atom. The fraction of sp³-hybridized carbons (Fsp3) is 0.588. The Morgan fingerprint density at radius 3 is 3.04 bits per heavy atom. The van der Waals surface area contributed by atoms with Crippen LogP contribution in [0.15, 0.2) is 17.5 Å². The van der Waals surface area contributed by atoms with Crippen molar-refractivity contribution in [1.29, 1.82) is 0 Å². The molecule has 1 fully saturated rings. The predicted octanol–water partition coefficient (Wildman–Crippen LogP) is 1.98. The molecule has 0 unspecified atom stereocenters. The van der Waals surface area contributed by atoms with Crippen LogP contribution in [-0.2, 0) is 17.9 Å². The number of carbonyl (C=O) groups excluding carboxylic acids is 1. The van der Waals surface area contributed by atoms with Gasteiger partial charge in [-0.3, -0.25) is 9.69 Å². The molecule has 0 saturated carbocycles. The summed E-state index contributed by atoms with van der Waals surface area (Å²) in [5.74, 6) is 2.44. The van der Waals surface area contributed by atoms with E-state index in [0.717, 1.165) is 37.7 Å². The number of hydrogen-bond acceptors (Lipinski definition) is 5. The van der Waals surface area contributed by atoms with Crippen LogP contribution in [0.4, 0.5) is 0 Å². The Morgan fingerprint density at radius 2 is 2.33 bits per heavy atom. The molecule has 7 heteroatoms. The highest BCUT2D eigenvalue weighted by Crippen LogP contribution is 2.18. The maximum absolute atomic E-state index is 12.2. The van der Waals surface area contributed by atoms with Gasteiger partial charge in [-0.05, 0) is 50.6 Å². The molecule has 3 heterocycles. The summed E-state index contributed by atoms with van der Waals surface area (Å²) in [6.07, 6.45) is 2.32. The standard InChI is InChI=1S/C17H25N5OS/c1-13-19-14(2)22(20-13)11-15-5-3-7-21(10-15)12-17(23)18-9-16-6-4-8-24-16/h4,6,8,15H,3,5,7,9-12H2,1-2H3,(H,18,23)/t15-/m0/s1. The summed E-state index contributed by atoms with van der Waals surface area (Å²) in [7, 11) is 0. The Kier molecular flexibility index (Phi) is 5.63. The molecule has 2 aromatic heterocycles. The van der Waals surface area contributed by atoms with Crippen LogP contribution in [0.2, 0.25) is 0 Å². The molecule has 6 nitrogen and oxygen atoms in total. The molecule has 1 amide bonds. The van der Waals surface area contributed by atoms with Gasteiger partial charge in [-0.2, -0.15) is 5.10 Å². The highest BCUT2D eigenvalue weighted by molar-refractivity contribution is 7.09. The summed E-state index contributed by atoms with van der Waals surface area (Å²) < 4.78 is 2.00. The third-order valence-corrected chi connectivity index (χ3v) is 5.28. The monoisotopic (exact) mass is 347 g/mol. The van der Waals surface area contributed by atoms with E-state index in [2.05, 4.69) is 20.3 Å². The molecule has 1 aliphatic rings. The molecule has 1 N–H and O–H groups in total. The number of amides is 1. The lowest BCUT2D eigenvalue weighted by Crippen LogP contribution is -2.43. The molecule has 1 atom stereocenters. The number of nitrogens with one attached hydrogen (secondary N) is 1. The van der Waals surface area contributed by atoms with E-state index in [0.29, 0.717) is 19.0 Å². The molecular formula is C17H25N5OS. The smallest absolute Gasteiger partial charge is 0.234 e. The summed E-state index contributed by atoms with van der Waals surface area (Å²) >= 11 is 1.67. The minimum absolute atomic E-state index is 0.108. The van der Waals surface area contributed by atoms with E-state index in [9.17, 15) is 4.79 Å². The van der Waals surface area contributed by atoms with Crippen LogP contribution < -0.4 is 5.32 Å². The summed E-state index contributed by atoms with van der Waals surface area (Å²) in [5, 5.41) is 9.50. The molecule has 130 valence electrons. The number of likely N-dealkylation sites (tertiary alicyclic amines) is 1. The van der Waals surface area contributed by atoms with Gasteiger partial charge < -0.3 is 5.32 Å². The van der Waals surface area contributed by atoms with Crippen molar-refractivity contribution >= 4 is 17.2 Å². The number of aromatic nitrogens is 3. The van der Waals surface area contributed by atoms with Gasteiger partial charge in [0.2, 0.25) is 5.91 Å². The third kappa shape index (κ3) is 4.64. The predicted molar refractivity (Wildman–Crippen MR) is 94.8 cm³/mol. The second-order valence-corrected chi connectivity index (χ2v) is 7.52. The zero-order chi connectivity index (χ0) is 16.9. The van der Waals surface area contributed by atoms with Crippen molar-refractivity contribution in [3.8, 4) is 0 Å². The number of piperidine rings is 1. The fourth-order valence-corrected chi connectivity index (χ4v) is 3.93. The lowest BCUT2D eigenvalue weighted by Gasteiger charge is -2.32. The van der Waals surface area contributed by atoms with Gasteiger partial charge in [0, 0.05) is 18.0 Å². The Labute approximate surface area is 146 Å². The van der Waals surface area contributed by atoms with E-state index >= 15 is 0 Å². The van der Waals surface area contributed by atoms with Gasteiger partial charge in [0.1, 0.15) is 11.6 Å². The van der Waals surface area contributed by atoms with Crippen molar-refractivity contribution in [3.05, 3.63) is 34.0 Å². The van der Waals surface area contributed by atoms with Gasteiger partial charge in [-0.25, -0.2) is 9.67 Å². The third-order valence-electron chi connectivity index (χ3n) is 4.40. The van der Waals surface area contributed by atoms with Gasteiger partial charge in [-0.1, -0.05) is 6.07 Å². The maximum atomic E-state index is 12.2. The van der Waals surface area contributed by atoms with Gasteiger partial charge in [0.25, 0.3) is 0 Å². The average molecular weight is 347 g/mol. The van der Waals surface area contributed by atoms with Crippen molar-refractivity contribution in [2.45, 2.75) is 39.8 Å². The number of nitrogens with zero attached hydrogens (tertiary/aromatic N) is 4. The van der Waals surface area contributed by atoms with Crippen molar-refractivity contribution in [1.82, 2.24) is 25.0 Å². The number of thiophene rings is 1. The van der Waals surface area contributed by atoms with E-state index in [1.165, 1.54) is 11.3 Å². The lowest BCUT2D eigenvalue weighted by atomic mass is 9.98. The van der Waals surface area contributed by atoms with Crippen LogP contribution in [0.1, 0.15) is 29.4 Å². The van der Waals surface area contributed by atoms with Crippen molar-refractivity contribution in [2.75, 3.05) is 19.6 Å². The molecule has 0 aromatic carbocycles. The van der Waals surface area contributed by atoms with Gasteiger partial charge in [0.15, 0.2) is 0 Å². The Balaban J connectivity index is 1.46. The van der Waals surface area contributed by atoms with E-state index in [-0.39, 0.29) is 5.91 Å². The van der Waals surface area contributed by atoms with Crippen LogP contribution in [0.5, 0.6) is 0 Å². The molecule has 0 radical (unpaired) electrons. The Hall–Kier alpha value is -1.73. The van der Waals surface area contributed by atoms with E-state index in [1.54, 1.807) is 11.3 Å². The largest absolute Gasteiger partial charge is 0.350 e. The molecule has 1 aliphatic heterocycles. The number of carbonyl (C=O) groups is 1. The van der Waals surface area contributed by atoms with Crippen molar-refractivity contribution in [2.24, 2.45) is 5.92 Å². The second-order valence-electron chi connectivity index (χ2n) is 6.49. The highest BCUT2D eigenvalue weighted by atomic mass is 32.1. The van der Waals surface area contributed by atoms with E-state index < -0.39 is 0 Å². The van der Waals surface area contributed by atoms with Crippen LogP contribution >= 0.6 is 11.3 Å². The normalized spacial score (nSPS) is 18.7. The van der Waals surface area contributed by atoms with Crippen LogP contribution in [0, 0.1) is 19.8 Å². The van der Waals surface area contributed by atoms with E-state index in [4.69, 9.17) is 0 Å². The zero-order valence-electron chi connectivity index (χ0n) is 14.4. The quantitative estimate of drug-likeness (QED) is 0.868. The lowest BCUT2D eigenvalue weighted by molar-refractivity contribution is -0.122. The zero-order valence-corrected chi connectivity index (χ0v) is 15.2. The number of hydrogen-bond donors (Lipinski definition) is 1. The molecule has 0 bridgehead atoms. The fourth-order valence-electron chi connectivity index (χ4n) is 3.28. The first-order valence-electron chi connectivity index (χ1n) is 8.49. The van der Waals surface area contributed by atoms with Gasteiger partial charge in [0.05, 0.1) is 13.1 Å². The average Bonchev–Trinajstić information content (AvgIpc) is 3.16. The topological polar surface area (TPSA) is 63.1 Å². The summed E-state index contributed by atoms with van der Waals surface area (Å²) in [6, 6.07) is 4.06. The molecule has 2 aromatic rings. The first kappa shape index (κ1) is 17.1. The van der Waals surface area contributed by atoms with Gasteiger partial charge >= 0.3 is 0 Å². The minimum Gasteiger partial charge on any atom is -0.350 e. The van der Waals surface area contributed by atoms with E-state index in [1.807, 2.05) is 36.0 Å². The molecule has 0 spiro atoms. The second kappa shape index (κ2) is 7.90. The van der Waals surface area contributed by atoms with Crippen molar-refractivity contribution in [3.63, 3.8) is 0 Å². The molecule has 24 heavy (non-hydrogen) atoms. The van der Waals surface area contributed by atoms with Gasteiger partial charge in [-0.15, -0.1) is 11.3 Å². The number of aryl methyl sites for hydroxylation is 2. The molecule has 0 aliphatic carbocycles. The summed E-state index contributed by atoms with van der Waals surface area (Å²) in [6.45, 7) is 7.87. The molecule has 1 saturated heterocycles. The van der Waals surface area contributed by atoms with Crippen LogP contribution in [0.25, 0.3) is 0 Å². The Bertz CT molecular complexity index is 667. The summed E-state index contributed by atoms with van der Waals surface area (Å²) in [5.41, 5.74) is 0. The van der Waals surface area contributed by atoms with Crippen molar-refractivity contribution < 1.29 is 4.79 Å². The molecular weight excluding hydrogens is 322 g/mol. The number of rotatable bonds is 6. The van der Waals surface area contributed by atoms with Crippen LogP contribution in [-0.4, -0.2) is 45.2 Å². The SMILES string of the molecule is Cc1nc(C)n(C[C@H]2CCCN(CC(=O)NCc3cccs3)C2)n1.